The molecule has 0 fully saturated rings. The molecule has 9 nitrogen and oxygen atoms in total. The van der Waals surface area contributed by atoms with E-state index in [2.05, 4.69) is 15.6 Å². The number of amides is 3. The van der Waals surface area contributed by atoms with Gasteiger partial charge >= 0.3 is 6.03 Å². The van der Waals surface area contributed by atoms with Crippen LogP contribution in [0.3, 0.4) is 0 Å². The average molecular weight is 492 g/mol. The molecule has 6 N–H and O–H groups in total. The van der Waals surface area contributed by atoms with Gasteiger partial charge in [0.1, 0.15) is 0 Å². The molecule has 3 amide bonds. The maximum absolute atomic E-state index is 12.7. The molecule has 11 heteroatoms. The molecule has 1 aromatic heterocycles. The maximum Gasteiger partial charge on any atom is 0.318 e. The Morgan fingerprint density at radius 3 is 2.70 bits per heavy atom. The summed E-state index contributed by atoms with van der Waals surface area (Å²) in [5.74, 6) is -0.332. The van der Waals surface area contributed by atoms with Gasteiger partial charge < -0.3 is 31.4 Å². The monoisotopic (exact) mass is 491 g/mol. The summed E-state index contributed by atoms with van der Waals surface area (Å²) in [4.78, 5) is 37.7. The van der Waals surface area contributed by atoms with Gasteiger partial charge in [-0.2, -0.15) is 0 Å². The smallest absolute Gasteiger partial charge is 0.318 e. The Kier molecular flexibility index (Phi) is 8.16. The van der Waals surface area contributed by atoms with Crippen LogP contribution in [-0.2, 0) is 29.1 Å². The number of aromatic amines is 1. The molecule has 0 unspecified atom stereocenters. The van der Waals surface area contributed by atoms with Crippen molar-refractivity contribution in [2.75, 3.05) is 18.4 Å². The molecule has 0 saturated carbocycles. The zero-order valence-electron chi connectivity index (χ0n) is 17.5. The van der Waals surface area contributed by atoms with Gasteiger partial charge in [-0.05, 0) is 47.9 Å². The van der Waals surface area contributed by atoms with Gasteiger partial charge in [-0.25, -0.2) is 4.79 Å². The third-order valence-electron chi connectivity index (χ3n) is 5.16. The number of hydrogen-bond acceptors (Lipinski definition) is 4. The number of aromatic nitrogens is 1. The van der Waals surface area contributed by atoms with Crippen molar-refractivity contribution in [1.29, 1.82) is 0 Å². The zero-order chi connectivity index (χ0) is 24.0. The number of anilines is 1. The number of rotatable bonds is 4. The summed E-state index contributed by atoms with van der Waals surface area (Å²) in [6, 6.07) is 10.8. The van der Waals surface area contributed by atoms with Crippen LogP contribution in [0.2, 0.25) is 10.0 Å². The molecule has 174 valence electrons. The predicted molar refractivity (Wildman–Crippen MR) is 127 cm³/mol. The lowest BCUT2D eigenvalue weighted by Crippen LogP contribution is -2.42. The molecule has 1 aliphatic rings. The lowest BCUT2D eigenvalue weighted by Gasteiger charge is -2.27. The Balaban J connectivity index is 0.000000968. The zero-order valence-corrected chi connectivity index (χ0v) is 19.0. The Hall–Kier alpha value is -3.27. The fraction of sp³-hybridized carbons (Fsp3) is 0.227. The molecule has 33 heavy (non-hydrogen) atoms. The highest BCUT2D eigenvalue weighted by atomic mass is 35.5. The molecular weight excluding hydrogens is 469 g/mol. The first kappa shape index (κ1) is 24.4. The Morgan fingerprint density at radius 2 is 1.97 bits per heavy atom. The summed E-state index contributed by atoms with van der Waals surface area (Å²) in [6.45, 7) is 1.06. The minimum Gasteiger partial charge on any atom is -0.483 e. The largest absolute Gasteiger partial charge is 0.483 e. The maximum atomic E-state index is 12.7. The number of halogens is 2. The van der Waals surface area contributed by atoms with Crippen LogP contribution in [0.15, 0.2) is 36.4 Å². The Labute approximate surface area is 199 Å². The standard InChI is InChI=1S/C21H21Cl2N5O2.CH2O2/c22-13-2-4-17-15(8-13)14-5-6-28(11-19(14)26-17)21(30)25-10-12-1-3-16(23)18(7-12)27-20(29)9-24;2-1-3/h1-4,7-8,26H,5-6,9-11,24H2,(H,25,30)(H,27,29);1H,(H,2,3). The van der Waals surface area contributed by atoms with Crippen molar-refractivity contribution in [2.24, 2.45) is 5.73 Å². The van der Waals surface area contributed by atoms with E-state index < -0.39 is 0 Å². The van der Waals surface area contributed by atoms with Crippen LogP contribution < -0.4 is 16.4 Å². The van der Waals surface area contributed by atoms with Crippen LogP contribution in [0.4, 0.5) is 10.5 Å². The summed E-state index contributed by atoms with van der Waals surface area (Å²) in [5, 5.41) is 14.7. The van der Waals surface area contributed by atoms with Gasteiger partial charge in [0.2, 0.25) is 5.91 Å². The van der Waals surface area contributed by atoms with Gasteiger partial charge in [0.25, 0.3) is 6.47 Å². The van der Waals surface area contributed by atoms with Crippen LogP contribution in [0.25, 0.3) is 10.9 Å². The number of nitrogens with two attached hydrogens (primary N) is 1. The van der Waals surface area contributed by atoms with Crippen molar-refractivity contribution in [1.82, 2.24) is 15.2 Å². The summed E-state index contributed by atoms with van der Waals surface area (Å²) in [5.41, 5.74) is 9.90. The van der Waals surface area contributed by atoms with E-state index in [9.17, 15) is 9.59 Å². The second-order valence-electron chi connectivity index (χ2n) is 7.27. The summed E-state index contributed by atoms with van der Waals surface area (Å²) >= 11 is 12.2. The van der Waals surface area contributed by atoms with E-state index in [4.69, 9.17) is 38.8 Å². The first-order chi connectivity index (χ1) is 15.9. The minimum absolute atomic E-state index is 0.131. The number of nitrogens with zero attached hydrogens (tertiary/aromatic N) is 1. The van der Waals surface area contributed by atoms with E-state index in [0.717, 1.165) is 28.6 Å². The molecule has 0 saturated heterocycles. The third kappa shape index (κ3) is 5.95. The molecule has 0 bridgehead atoms. The predicted octanol–water partition coefficient (Wildman–Crippen LogP) is 3.34. The Morgan fingerprint density at radius 1 is 1.21 bits per heavy atom. The SMILES string of the molecule is NCC(=O)Nc1cc(CNC(=O)N2CCc3c([nH]c4ccc(Cl)cc34)C2)ccc1Cl.O=CO. The molecule has 0 radical (unpaired) electrons. The first-order valence-corrected chi connectivity index (χ1v) is 10.8. The molecule has 2 aromatic carbocycles. The molecule has 2 heterocycles. The van der Waals surface area contributed by atoms with Gasteiger partial charge in [-0.15, -0.1) is 0 Å². The number of H-pyrrole nitrogens is 1. The molecule has 0 aliphatic carbocycles. The molecule has 0 atom stereocenters. The van der Waals surface area contributed by atoms with E-state index >= 15 is 0 Å². The van der Waals surface area contributed by atoms with E-state index in [1.54, 1.807) is 23.1 Å². The molecule has 3 aromatic rings. The molecule has 1 aliphatic heterocycles. The van der Waals surface area contributed by atoms with E-state index in [1.807, 2.05) is 18.2 Å². The van der Waals surface area contributed by atoms with Crippen molar-refractivity contribution in [3.05, 3.63) is 63.3 Å². The quantitative estimate of drug-likeness (QED) is 0.356. The highest BCUT2D eigenvalue weighted by molar-refractivity contribution is 6.33. The lowest BCUT2D eigenvalue weighted by molar-refractivity contribution is -0.123. The second kappa shape index (κ2) is 11.0. The third-order valence-corrected chi connectivity index (χ3v) is 5.72. The van der Waals surface area contributed by atoms with Crippen molar-refractivity contribution in [3.63, 3.8) is 0 Å². The van der Waals surface area contributed by atoms with Crippen LogP contribution in [0, 0.1) is 0 Å². The van der Waals surface area contributed by atoms with Gasteiger partial charge in [0.15, 0.2) is 0 Å². The highest BCUT2D eigenvalue weighted by Gasteiger charge is 2.24. The lowest BCUT2D eigenvalue weighted by atomic mass is 10.0. The van der Waals surface area contributed by atoms with Crippen molar-refractivity contribution in [3.8, 4) is 0 Å². The Bertz CT molecular complexity index is 1180. The summed E-state index contributed by atoms with van der Waals surface area (Å²) in [6.07, 6.45) is 0.763. The number of urea groups is 1. The van der Waals surface area contributed by atoms with Crippen LogP contribution >= 0.6 is 23.2 Å². The van der Waals surface area contributed by atoms with E-state index in [-0.39, 0.29) is 25.0 Å². The van der Waals surface area contributed by atoms with Crippen molar-refractivity contribution in [2.45, 2.75) is 19.5 Å². The van der Waals surface area contributed by atoms with Gasteiger partial charge in [-0.1, -0.05) is 29.3 Å². The molecule has 4 rings (SSSR count). The van der Waals surface area contributed by atoms with E-state index in [1.165, 1.54) is 5.56 Å². The second-order valence-corrected chi connectivity index (χ2v) is 8.12. The number of benzene rings is 2. The first-order valence-electron chi connectivity index (χ1n) is 10.0. The van der Waals surface area contributed by atoms with Crippen LogP contribution in [0.5, 0.6) is 0 Å². The van der Waals surface area contributed by atoms with Crippen LogP contribution in [0.1, 0.15) is 16.8 Å². The van der Waals surface area contributed by atoms with Crippen molar-refractivity contribution < 1.29 is 19.5 Å². The fourth-order valence-corrected chi connectivity index (χ4v) is 3.99. The van der Waals surface area contributed by atoms with Crippen molar-refractivity contribution >= 4 is 58.2 Å². The topological polar surface area (TPSA) is 141 Å². The summed E-state index contributed by atoms with van der Waals surface area (Å²) < 4.78 is 0. The number of carbonyl (C=O) groups is 3. The van der Waals surface area contributed by atoms with Gasteiger partial charge in [0.05, 0.1) is 23.8 Å². The molecule has 0 spiro atoms. The number of fused-ring (bicyclic) bond motifs is 3. The number of hydrogen-bond donors (Lipinski definition) is 5. The van der Waals surface area contributed by atoms with Gasteiger partial charge in [0, 0.05) is 34.7 Å². The average Bonchev–Trinajstić information content (AvgIpc) is 3.16. The number of nitrogens with one attached hydrogen (secondary N) is 3. The number of carbonyl (C=O) groups excluding carboxylic acids is 2. The minimum atomic E-state index is -0.332. The van der Waals surface area contributed by atoms with Gasteiger partial charge in [-0.3, -0.25) is 9.59 Å². The molecular formula is C22H23Cl2N5O4. The normalized spacial score (nSPS) is 12.4. The fourth-order valence-electron chi connectivity index (χ4n) is 3.66. The number of carboxylic acid groups (broad SMARTS) is 1. The van der Waals surface area contributed by atoms with E-state index in [0.29, 0.717) is 35.4 Å². The van der Waals surface area contributed by atoms with Crippen LogP contribution in [-0.4, -0.2) is 46.5 Å². The summed E-state index contributed by atoms with van der Waals surface area (Å²) in [7, 11) is 0. The highest BCUT2D eigenvalue weighted by Crippen LogP contribution is 2.29.